The van der Waals surface area contributed by atoms with Gasteiger partial charge in [0.25, 0.3) is 10.2 Å². The molecule has 0 aromatic rings. The van der Waals surface area contributed by atoms with Crippen LogP contribution in [0.5, 0.6) is 0 Å². The van der Waals surface area contributed by atoms with E-state index < -0.39 is 10.2 Å². The quantitative estimate of drug-likeness (QED) is 0.745. The average molecular weight is 292 g/mol. The number of ether oxygens (including phenoxy) is 1. The Balaban J connectivity index is 1.93. The highest BCUT2D eigenvalue weighted by Crippen LogP contribution is 2.21. The van der Waals surface area contributed by atoms with Gasteiger partial charge in [0.15, 0.2) is 0 Å². The zero-order chi connectivity index (χ0) is 13.9. The van der Waals surface area contributed by atoms with Crippen molar-refractivity contribution in [2.45, 2.75) is 32.2 Å². The van der Waals surface area contributed by atoms with Gasteiger partial charge in [-0.15, -0.1) is 0 Å². The van der Waals surface area contributed by atoms with Crippen LogP contribution in [0.4, 0.5) is 0 Å². The van der Waals surface area contributed by atoms with E-state index in [1.807, 2.05) is 6.92 Å². The summed E-state index contributed by atoms with van der Waals surface area (Å²) < 4.78 is 34.1. The molecule has 3 atom stereocenters. The van der Waals surface area contributed by atoms with Crippen molar-refractivity contribution in [1.29, 1.82) is 0 Å². The molecule has 2 fully saturated rings. The SMILES string of the molecule is CC(NS(=O)(=O)N1CCCC(CO)C1)C1CCOC1. The highest BCUT2D eigenvalue weighted by Gasteiger charge is 2.32. The summed E-state index contributed by atoms with van der Waals surface area (Å²) in [5.41, 5.74) is 0. The van der Waals surface area contributed by atoms with Crippen LogP contribution in [0.15, 0.2) is 0 Å². The van der Waals surface area contributed by atoms with Crippen molar-refractivity contribution in [2.24, 2.45) is 11.8 Å². The molecule has 2 aliphatic rings. The number of rotatable bonds is 5. The van der Waals surface area contributed by atoms with Gasteiger partial charge in [0.1, 0.15) is 0 Å². The zero-order valence-electron chi connectivity index (χ0n) is 11.4. The Morgan fingerprint density at radius 3 is 2.89 bits per heavy atom. The standard InChI is InChI=1S/C12H24N2O4S/c1-10(12-4-6-18-9-12)13-19(16,17)14-5-2-3-11(7-14)8-15/h10-13,15H,2-9H2,1H3. The summed E-state index contributed by atoms with van der Waals surface area (Å²) in [5.74, 6) is 0.323. The number of aliphatic hydroxyl groups is 1. The number of nitrogens with one attached hydrogen (secondary N) is 1. The molecular formula is C12H24N2O4S. The van der Waals surface area contributed by atoms with Gasteiger partial charge in [0.05, 0.1) is 6.61 Å². The molecule has 6 nitrogen and oxygen atoms in total. The number of nitrogens with zero attached hydrogens (tertiary/aromatic N) is 1. The third kappa shape index (κ3) is 3.88. The Morgan fingerprint density at radius 1 is 1.47 bits per heavy atom. The van der Waals surface area contributed by atoms with E-state index in [1.54, 1.807) is 0 Å². The first-order chi connectivity index (χ1) is 9.03. The second kappa shape index (κ2) is 6.49. The highest BCUT2D eigenvalue weighted by atomic mass is 32.2. The summed E-state index contributed by atoms with van der Waals surface area (Å²) in [6, 6.07) is -0.109. The lowest BCUT2D eigenvalue weighted by atomic mass is 10.0. The second-order valence-corrected chi connectivity index (χ2v) is 7.29. The van der Waals surface area contributed by atoms with Crippen LogP contribution in [0, 0.1) is 11.8 Å². The molecule has 0 radical (unpaired) electrons. The van der Waals surface area contributed by atoms with Crippen molar-refractivity contribution in [2.75, 3.05) is 32.9 Å². The van der Waals surface area contributed by atoms with E-state index in [0.29, 0.717) is 26.3 Å². The molecule has 2 N–H and O–H groups in total. The van der Waals surface area contributed by atoms with Crippen molar-refractivity contribution in [3.63, 3.8) is 0 Å². The van der Waals surface area contributed by atoms with E-state index in [2.05, 4.69) is 4.72 Å². The number of piperidine rings is 1. The first kappa shape index (κ1) is 15.2. The molecule has 19 heavy (non-hydrogen) atoms. The fourth-order valence-electron chi connectivity index (χ4n) is 2.75. The van der Waals surface area contributed by atoms with Gasteiger partial charge in [-0.1, -0.05) is 0 Å². The summed E-state index contributed by atoms with van der Waals surface area (Å²) in [6.45, 7) is 4.25. The van der Waals surface area contributed by atoms with E-state index in [1.165, 1.54) is 4.31 Å². The Bertz CT molecular complexity index is 381. The van der Waals surface area contributed by atoms with E-state index >= 15 is 0 Å². The normalized spacial score (nSPS) is 31.5. The minimum absolute atomic E-state index is 0.0536. The van der Waals surface area contributed by atoms with Gasteiger partial charge in [-0.25, -0.2) is 0 Å². The van der Waals surface area contributed by atoms with Crippen molar-refractivity contribution in [3.8, 4) is 0 Å². The topological polar surface area (TPSA) is 78.9 Å². The Labute approximate surface area is 115 Å². The predicted octanol–water partition coefficient (Wildman–Crippen LogP) is -0.0499. The molecule has 2 heterocycles. The van der Waals surface area contributed by atoms with Crippen LogP contribution in [-0.2, 0) is 14.9 Å². The molecule has 0 aliphatic carbocycles. The van der Waals surface area contributed by atoms with Crippen LogP contribution >= 0.6 is 0 Å². The van der Waals surface area contributed by atoms with Crippen molar-refractivity contribution in [1.82, 2.24) is 9.03 Å². The summed E-state index contributed by atoms with van der Waals surface area (Å²) in [5, 5.41) is 9.17. The average Bonchev–Trinajstić information content (AvgIpc) is 2.92. The van der Waals surface area contributed by atoms with Crippen LogP contribution in [0.25, 0.3) is 0 Å². The first-order valence-electron chi connectivity index (χ1n) is 6.99. The molecule has 2 rings (SSSR count). The van der Waals surface area contributed by atoms with E-state index in [-0.39, 0.29) is 24.5 Å². The molecule has 0 spiro atoms. The van der Waals surface area contributed by atoms with Gasteiger partial charge in [-0.05, 0) is 32.1 Å². The fourth-order valence-corrected chi connectivity index (χ4v) is 4.33. The van der Waals surface area contributed by atoms with Crippen LogP contribution in [-0.4, -0.2) is 56.8 Å². The lowest BCUT2D eigenvalue weighted by Crippen LogP contribution is -2.50. The molecule has 0 aromatic heterocycles. The molecular weight excluding hydrogens is 268 g/mol. The second-order valence-electron chi connectivity index (χ2n) is 5.58. The molecule has 2 saturated heterocycles. The predicted molar refractivity (Wildman–Crippen MR) is 71.8 cm³/mol. The minimum atomic E-state index is -3.45. The first-order valence-corrected chi connectivity index (χ1v) is 8.43. The summed E-state index contributed by atoms with van der Waals surface area (Å²) in [4.78, 5) is 0. The molecule has 7 heteroatoms. The van der Waals surface area contributed by atoms with Crippen molar-refractivity contribution < 1.29 is 18.3 Å². The number of aliphatic hydroxyl groups excluding tert-OH is 1. The van der Waals surface area contributed by atoms with Crippen molar-refractivity contribution in [3.05, 3.63) is 0 Å². The summed E-state index contributed by atoms with van der Waals surface area (Å²) >= 11 is 0. The Kier molecular flexibility index (Phi) is 5.19. The Hall–Kier alpha value is -0.210. The third-order valence-electron chi connectivity index (χ3n) is 4.09. The van der Waals surface area contributed by atoms with Gasteiger partial charge in [-0.2, -0.15) is 17.4 Å². The molecule has 0 bridgehead atoms. The monoisotopic (exact) mass is 292 g/mol. The van der Waals surface area contributed by atoms with Gasteiger partial charge >= 0.3 is 0 Å². The van der Waals surface area contributed by atoms with Crippen LogP contribution in [0.2, 0.25) is 0 Å². The maximum absolute atomic E-state index is 12.3. The van der Waals surface area contributed by atoms with E-state index in [4.69, 9.17) is 4.74 Å². The van der Waals surface area contributed by atoms with Crippen molar-refractivity contribution >= 4 is 10.2 Å². The maximum Gasteiger partial charge on any atom is 0.279 e. The number of hydrogen-bond donors (Lipinski definition) is 2. The lowest BCUT2D eigenvalue weighted by Gasteiger charge is -2.32. The fraction of sp³-hybridized carbons (Fsp3) is 1.00. The van der Waals surface area contributed by atoms with Gasteiger partial charge in [0, 0.05) is 38.3 Å². The van der Waals surface area contributed by atoms with Gasteiger partial charge in [-0.3, -0.25) is 0 Å². The molecule has 112 valence electrons. The van der Waals surface area contributed by atoms with Crippen LogP contribution in [0.3, 0.4) is 0 Å². The number of hydrogen-bond acceptors (Lipinski definition) is 4. The Morgan fingerprint density at radius 2 is 2.26 bits per heavy atom. The largest absolute Gasteiger partial charge is 0.396 e. The minimum Gasteiger partial charge on any atom is -0.396 e. The molecule has 2 aliphatic heterocycles. The van der Waals surface area contributed by atoms with Crippen LogP contribution < -0.4 is 4.72 Å². The lowest BCUT2D eigenvalue weighted by molar-refractivity contribution is 0.163. The molecule has 0 amide bonds. The molecule has 0 saturated carbocycles. The zero-order valence-corrected chi connectivity index (χ0v) is 12.2. The van der Waals surface area contributed by atoms with Gasteiger partial charge < -0.3 is 9.84 Å². The summed E-state index contributed by atoms with van der Waals surface area (Å²) in [7, 11) is -3.45. The van der Waals surface area contributed by atoms with E-state index in [9.17, 15) is 13.5 Å². The summed E-state index contributed by atoms with van der Waals surface area (Å²) in [6.07, 6.45) is 2.62. The smallest absolute Gasteiger partial charge is 0.279 e. The molecule has 0 aromatic carbocycles. The third-order valence-corrected chi connectivity index (χ3v) is 5.77. The highest BCUT2D eigenvalue weighted by molar-refractivity contribution is 7.87. The van der Waals surface area contributed by atoms with E-state index in [0.717, 1.165) is 19.3 Å². The van der Waals surface area contributed by atoms with Gasteiger partial charge in [0.2, 0.25) is 0 Å². The molecule has 3 unspecified atom stereocenters. The maximum atomic E-state index is 12.3. The van der Waals surface area contributed by atoms with Crippen LogP contribution in [0.1, 0.15) is 26.2 Å².